The van der Waals surface area contributed by atoms with Crippen molar-refractivity contribution < 1.29 is 33.4 Å². The van der Waals surface area contributed by atoms with Crippen molar-refractivity contribution >= 4 is 45.5 Å². The Morgan fingerprint density at radius 2 is 1.40 bits per heavy atom. The van der Waals surface area contributed by atoms with Crippen LogP contribution in [0.2, 0.25) is 0 Å². The number of para-hydroxylation sites is 2. The summed E-state index contributed by atoms with van der Waals surface area (Å²) >= 11 is 0. The lowest BCUT2D eigenvalue weighted by molar-refractivity contribution is -0.161. The molecule has 2 aromatic heterocycles. The molecule has 2 aromatic carbocycles. The van der Waals surface area contributed by atoms with Crippen LogP contribution < -0.4 is 0 Å². The monoisotopic (exact) mass is 616 g/mol. The molecule has 1 atom stereocenters. The summed E-state index contributed by atoms with van der Waals surface area (Å²) in [5.41, 5.74) is 2.70. The van der Waals surface area contributed by atoms with Gasteiger partial charge >= 0.3 is 17.9 Å². The molecule has 0 radical (unpaired) electrons. The van der Waals surface area contributed by atoms with Gasteiger partial charge in [-0.2, -0.15) is 0 Å². The third-order valence-electron chi connectivity index (χ3n) is 7.14. The van der Waals surface area contributed by atoms with E-state index in [9.17, 15) is 19.2 Å². The van der Waals surface area contributed by atoms with Crippen LogP contribution >= 0.6 is 0 Å². The molecule has 1 aliphatic heterocycles. The quantitative estimate of drug-likeness (QED) is 0.132. The van der Waals surface area contributed by atoms with Gasteiger partial charge in [0.1, 0.15) is 17.7 Å². The first-order chi connectivity index (χ1) is 21.2. The molecule has 0 amide bonds. The molecule has 0 fully saturated rings. The Bertz CT molecular complexity index is 1700. The Labute approximate surface area is 264 Å². The number of hydrogen-bond acceptors (Lipinski definition) is 7. The Morgan fingerprint density at radius 3 is 2.02 bits per heavy atom. The number of carbonyl (C=O) groups is 4. The molecule has 9 heteroatoms. The van der Waals surface area contributed by atoms with E-state index in [4.69, 9.17) is 14.2 Å². The normalized spacial score (nSPS) is 14.8. The lowest BCUT2D eigenvalue weighted by Crippen LogP contribution is -2.37. The number of aromatic nitrogens is 2. The van der Waals surface area contributed by atoms with E-state index in [1.807, 2.05) is 105 Å². The van der Waals surface area contributed by atoms with Crippen LogP contribution in [0, 0.1) is 0 Å². The van der Waals surface area contributed by atoms with Gasteiger partial charge in [0, 0.05) is 28.8 Å². The summed E-state index contributed by atoms with van der Waals surface area (Å²) < 4.78 is 19.6. The number of aryl methyl sites for hydroxylation is 2. The molecule has 0 spiro atoms. The summed E-state index contributed by atoms with van der Waals surface area (Å²) in [6.45, 7) is 13.3. The smallest absolute Gasteiger partial charge is 0.337 e. The van der Waals surface area contributed by atoms with Crippen molar-refractivity contribution in [1.82, 2.24) is 9.13 Å². The van der Waals surface area contributed by atoms with Crippen molar-refractivity contribution in [3.8, 4) is 0 Å². The maximum atomic E-state index is 12.5. The van der Waals surface area contributed by atoms with Gasteiger partial charge in [0.05, 0.1) is 13.0 Å². The molecule has 45 heavy (non-hydrogen) atoms. The number of Topliss-reactive ketones (excluding diaryl/α,β-unsaturated/α-hetero) is 1. The average molecular weight is 617 g/mol. The minimum atomic E-state index is -0.854. The van der Waals surface area contributed by atoms with E-state index in [0.717, 1.165) is 33.2 Å². The molecule has 4 aromatic rings. The highest BCUT2D eigenvalue weighted by Crippen LogP contribution is 2.32. The van der Waals surface area contributed by atoms with Crippen molar-refractivity contribution in [2.24, 2.45) is 0 Å². The van der Waals surface area contributed by atoms with E-state index in [-0.39, 0.29) is 24.3 Å². The zero-order valence-corrected chi connectivity index (χ0v) is 27.3. The first-order valence-corrected chi connectivity index (χ1v) is 15.5. The van der Waals surface area contributed by atoms with Crippen LogP contribution in [0.1, 0.15) is 78.7 Å². The molecule has 0 N–H and O–H groups in total. The fraction of sp³-hybridized carbons (Fsp3) is 0.444. The number of nitrogens with zero attached hydrogens (tertiary/aromatic N) is 2. The second-order valence-corrected chi connectivity index (χ2v) is 13.1. The van der Waals surface area contributed by atoms with Crippen LogP contribution in [-0.2, 0) is 52.8 Å². The SMILES string of the molecule is CC(C)(C)OC(=O)C1C(=O)CCc2cc3ccccc3n21.CCOC(=O)CCc1cc2ccccc2n1CC(=O)OC(C)(C)C. The van der Waals surface area contributed by atoms with Gasteiger partial charge in [-0.3, -0.25) is 14.4 Å². The average Bonchev–Trinajstić information content (AvgIpc) is 3.48. The molecule has 0 saturated heterocycles. The van der Waals surface area contributed by atoms with Crippen LogP contribution in [-0.4, -0.2) is 50.6 Å². The molecular formula is C36H44N2O7. The molecule has 240 valence electrons. The van der Waals surface area contributed by atoms with Gasteiger partial charge in [0.2, 0.25) is 0 Å². The van der Waals surface area contributed by atoms with Gasteiger partial charge in [-0.1, -0.05) is 36.4 Å². The van der Waals surface area contributed by atoms with Crippen molar-refractivity contribution in [1.29, 1.82) is 0 Å². The maximum absolute atomic E-state index is 12.5. The zero-order valence-electron chi connectivity index (χ0n) is 27.3. The minimum Gasteiger partial charge on any atom is -0.466 e. The highest BCUT2D eigenvalue weighted by atomic mass is 16.6. The van der Waals surface area contributed by atoms with Gasteiger partial charge in [0.25, 0.3) is 0 Å². The van der Waals surface area contributed by atoms with Crippen molar-refractivity contribution in [3.63, 3.8) is 0 Å². The van der Waals surface area contributed by atoms with E-state index in [0.29, 0.717) is 32.3 Å². The van der Waals surface area contributed by atoms with Crippen molar-refractivity contribution in [2.75, 3.05) is 6.61 Å². The highest BCUT2D eigenvalue weighted by Gasteiger charge is 2.37. The molecule has 1 unspecified atom stereocenters. The first-order valence-electron chi connectivity index (χ1n) is 15.5. The summed E-state index contributed by atoms with van der Waals surface area (Å²) in [7, 11) is 0. The number of rotatable bonds is 7. The van der Waals surface area contributed by atoms with E-state index >= 15 is 0 Å². The van der Waals surface area contributed by atoms with Gasteiger partial charge < -0.3 is 23.3 Å². The topological polar surface area (TPSA) is 106 Å². The van der Waals surface area contributed by atoms with Crippen LogP contribution in [0.15, 0.2) is 60.7 Å². The number of hydrogen-bond donors (Lipinski definition) is 0. The van der Waals surface area contributed by atoms with E-state index < -0.39 is 23.2 Å². The van der Waals surface area contributed by atoms with Gasteiger partial charge in [-0.05, 0) is 96.3 Å². The summed E-state index contributed by atoms with van der Waals surface area (Å²) in [6.07, 6.45) is 1.88. The lowest BCUT2D eigenvalue weighted by atomic mass is 10.0. The molecule has 3 heterocycles. The fourth-order valence-corrected chi connectivity index (χ4v) is 5.48. The van der Waals surface area contributed by atoms with E-state index in [1.54, 1.807) is 6.92 Å². The van der Waals surface area contributed by atoms with E-state index in [2.05, 4.69) is 6.07 Å². The van der Waals surface area contributed by atoms with Crippen LogP contribution in [0.4, 0.5) is 0 Å². The number of carbonyl (C=O) groups excluding carboxylic acids is 4. The predicted molar refractivity (Wildman–Crippen MR) is 173 cm³/mol. The Kier molecular flexibility index (Phi) is 10.2. The molecular weight excluding hydrogens is 572 g/mol. The van der Waals surface area contributed by atoms with Crippen LogP contribution in [0.25, 0.3) is 21.8 Å². The van der Waals surface area contributed by atoms with Gasteiger partial charge in [-0.15, -0.1) is 0 Å². The Hall–Kier alpha value is -4.40. The summed E-state index contributed by atoms with van der Waals surface area (Å²) in [4.78, 5) is 48.6. The van der Waals surface area contributed by atoms with E-state index in [1.165, 1.54) is 0 Å². The Balaban J connectivity index is 0.000000206. The van der Waals surface area contributed by atoms with Crippen LogP contribution in [0.3, 0.4) is 0 Å². The molecule has 5 rings (SSSR count). The van der Waals surface area contributed by atoms with Crippen molar-refractivity contribution in [3.05, 3.63) is 72.1 Å². The zero-order chi connectivity index (χ0) is 32.9. The predicted octanol–water partition coefficient (Wildman–Crippen LogP) is 6.52. The molecule has 1 aliphatic rings. The second kappa shape index (κ2) is 13.7. The van der Waals surface area contributed by atoms with Crippen molar-refractivity contribution in [2.45, 2.75) is 97.9 Å². The minimum absolute atomic E-state index is 0.0712. The number of ether oxygens (including phenoxy) is 3. The number of ketones is 1. The third kappa shape index (κ3) is 8.62. The number of fused-ring (bicyclic) bond motifs is 4. The standard InChI is InChI=1S/C19H25NO4.C17H19NO3/c1-5-23-17(21)11-10-15-12-14-8-6-7-9-16(14)20(15)13-18(22)24-19(2,3)4;1-17(2,3)21-16(20)15-14(19)9-8-12-10-11-6-4-5-7-13(11)18(12)15/h6-9,12H,5,10-11,13H2,1-4H3;4-7,10,15H,8-9H2,1-3H3. The Morgan fingerprint density at radius 1 is 0.800 bits per heavy atom. The molecule has 0 aliphatic carbocycles. The van der Waals surface area contributed by atoms with Gasteiger partial charge in [0.15, 0.2) is 11.8 Å². The summed E-state index contributed by atoms with van der Waals surface area (Å²) in [6, 6.07) is 18.9. The molecule has 0 bridgehead atoms. The highest BCUT2D eigenvalue weighted by molar-refractivity contribution is 6.04. The maximum Gasteiger partial charge on any atom is 0.337 e. The summed E-state index contributed by atoms with van der Waals surface area (Å²) in [5.74, 6) is -1.05. The number of benzene rings is 2. The number of esters is 3. The molecule has 9 nitrogen and oxygen atoms in total. The second-order valence-electron chi connectivity index (χ2n) is 13.1. The van der Waals surface area contributed by atoms with Gasteiger partial charge in [-0.25, -0.2) is 4.79 Å². The fourth-order valence-electron chi connectivity index (χ4n) is 5.48. The molecule has 0 saturated carbocycles. The lowest BCUT2D eigenvalue weighted by Gasteiger charge is -2.28. The van der Waals surface area contributed by atoms with Crippen LogP contribution in [0.5, 0.6) is 0 Å². The third-order valence-corrected chi connectivity index (χ3v) is 7.14. The largest absolute Gasteiger partial charge is 0.466 e. The first kappa shape index (κ1) is 33.5. The summed E-state index contributed by atoms with van der Waals surface area (Å²) in [5, 5.41) is 2.09.